The summed E-state index contributed by atoms with van der Waals surface area (Å²) in [7, 11) is 1.55. The first-order valence-corrected chi connectivity index (χ1v) is 5.75. The van der Waals surface area contributed by atoms with E-state index in [2.05, 4.69) is 15.9 Å². The Morgan fingerprint density at radius 2 is 2.25 bits per heavy atom. The van der Waals surface area contributed by atoms with Crippen LogP contribution in [0.5, 0.6) is 5.75 Å². The maximum absolute atomic E-state index is 13.2. The zero-order valence-corrected chi connectivity index (χ0v) is 11.0. The van der Waals surface area contributed by atoms with Gasteiger partial charge in [-0.05, 0) is 22.0 Å². The van der Waals surface area contributed by atoms with Gasteiger partial charge in [0.15, 0.2) is 0 Å². The number of hydrogen-bond donors (Lipinski definition) is 1. The lowest BCUT2D eigenvalue weighted by atomic mass is 10.3. The molecule has 0 saturated carbocycles. The summed E-state index contributed by atoms with van der Waals surface area (Å²) >= 11 is 8.84. The number of hydrogen-bond acceptors (Lipinski definition) is 3. The molecule has 1 aromatic rings. The Morgan fingerprint density at radius 1 is 1.56 bits per heavy atom. The Kier molecular flexibility index (Phi) is 5.48. The van der Waals surface area contributed by atoms with Gasteiger partial charge in [-0.2, -0.15) is 0 Å². The summed E-state index contributed by atoms with van der Waals surface area (Å²) < 4.78 is 24.2. The largest absolute Gasteiger partial charge is 0.485 e. The van der Waals surface area contributed by atoms with Crippen molar-refractivity contribution in [2.24, 2.45) is 5.73 Å². The van der Waals surface area contributed by atoms with E-state index in [9.17, 15) is 4.39 Å². The highest BCUT2D eigenvalue weighted by Gasteiger charge is 2.13. The van der Waals surface area contributed by atoms with Crippen LogP contribution in [0.15, 0.2) is 16.6 Å². The van der Waals surface area contributed by atoms with Crippen molar-refractivity contribution < 1.29 is 13.9 Å². The highest BCUT2D eigenvalue weighted by molar-refractivity contribution is 9.10. The van der Waals surface area contributed by atoms with E-state index in [1.165, 1.54) is 12.1 Å². The Bertz CT molecular complexity index is 365. The topological polar surface area (TPSA) is 44.5 Å². The maximum Gasteiger partial charge on any atom is 0.145 e. The second kappa shape index (κ2) is 6.39. The van der Waals surface area contributed by atoms with Gasteiger partial charge in [0.1, 0.15) is 17.7 Å². The van der Waals surface area contributed by atoms with E-state index in [1.807, 2.05) is 0 Å². The normalized spacial score (nSPS) is 12.6. The van der Waals surface area contributed by atoms with Gasteiger partial charge in [-0.25, -0.2) is 4.39 Å². The van der Waals surface area contributed by atoms with E-state index in [4.69, 9.17) is 26.8 Å². The van der Waals surface area contributed by atoms with Crippen LogP contribution in [-0.4, -0.2) is 26.4 Å². The van der Waals surface area contributed by atoms with Gasteiger partial charge in [-0.15, -0.1) is 0 Å². The van der Waals surface area contributed by atoms with Crippen LogP contribution in [0.2, 0.25) is 5.02 Å². The summed E-state index contributed by atoms with van der Waals surface area (Å²) in [6.07, 6.45) is -0.318. The smallest absolute Gasteiger partial charge is 0.145 e. The minimum atomic E-state index is -0.534. The number of ether oxygens (including phenoxy) is 2. The summed E-state index contributed by atoms with van der Waals surface area (Å²) in [6.45, 7) is 0.623. The van der Waals surface area contributed by atoms with Crippen LogP contribution in [0.4, 0.5) is 4.39 Å². The molecule has 0 saturated heterocycles. The van der Waals surface area contributed by atoms with Crippen LogP contribution in [-0.2, 0) is 4.74 Å². The second-order valence-electron chi connectivity index (χ2n) is 3.13. The molecule has 90 valence electrons. The van der Waals surface area contributed by atoms with E-state index in [1.54, 1.807) is 7.11 Å². The van der Waals surface area contributed by atoms with Crippen molar-refractivity contribution in [1.82, 2.24) is 0 Å². The third kappa shape index (κ3) is 3.59. The molecule has 1 aromatic carbocycles. The number of halogens is 3. The molecule has 0 bridgehead atoms. The predicted octanol–water partition coefficient (Wildman–Crippen LogP) is 2.59. The average molecular weight is 313 g/mol. The fourth-order valence-electron chi connectivity index (χ4n) is 1.11. The Balaban J connectivity index is 2.83. The van der Waals surface area contributed by atoms with Crippen molar-refractivity contribution in [3.8, 4) is 5.75 Å². The molecule has 1 rings (SSSR count). The van der Waals surface area contributed by atoms with Crippen LogP contribution < -0.4 is 10.5 Å². The number of nitrogens with two attached hydrogens (primary N) is 1. The van der Waals surface area contributed by atoms with Gasteiger partial charge < -0.3 is 15.2 Å². The van der Waals surface area contributed by atoms with Gasteiger partial charge in [0.05, 0.1) is 16.1 Å². The molecule has 0 amide bonds. The van der Waals surface area contributed by atoms with E-state index in [-0.39, 0.29) is 17.7 Å². The zero-order valence-electron chi connectivity index (χ0n) is 8.67. The molecule has 0 aliphatic rings. The van der Waals surface area contributed by atoms with Crippen LogP contribution in [0.3, 0.4) is 0 Å². The second-order valence-corrected chi connectivity index (χ2v) is 4.39. The monoisotopic (exact) mass is 311 g/mol. The molecule has 0 aliphatic carbocycles. The number of benzene rings is 1. The van der Waals surface area contributed by atoms with Gasteiger partial charge in [-0.3, -0.25) is 0 Å². The summed E-state index contributed by atoms with van der Waals surface area (Å²) in [6, 6.07) is 2.65. The van der Waals surface area contributed by atoms with E-state index >= 15 is 0 Å². The first-order valence-electron chi connectivity index (χ1n) is 4.58. The molecule has 0 aromatic heterocycles. The molecule has 3 nitrogen and oxygen atoms in total. The molecule has 0 aliphatic heterocycles. The lowest BCUT2D eigenvalue weighted by molar-refractivity contribution is 0.0853. The van der Waals surface area contributed by atoms with E-state index in [0.717, 1.165) is 0 Å². The fraction of sp³-hybridized carbons (Fsp3) is 0.400. The van der Waals surface area contributed by atoms with Gasteiger partial charge >= 0.3 is 0 Å². The van der Waals surface area contributed by atoms with Crippen LogP contribution in [0, 0.1) is 5.82 Å². The molecule has 1 atom stereocenters. The lowest BCUT2D eigenvalue weighted by Crippen LogP contribution is -2.31. The van der Waals surface area contributed by atoms with Crippen molar-refractivity contribution in [2.45, 2.75) is 6.10 Å². The third-order valence-corrected chi connectivity index (χ3v) is 2.79. The quantitative estimate of drug-likeness (QED) is 0.850. The van der Waals surface area contributed by atoms with Crippen molar-refractivity contribution in [3.05, 3.63) is 27.4 Å². The lowest BCUT2D eigenvalue weighted by Gasteiger charge is -2.17. The standard InChI is InChI=1S/C10H12BrClFNO2/c1-15-5-6(4-14)16-10-3-9(13)8(12)2-7(10)11/h2-3,6H,4-5,14H2,1H3. The molecule has 16 heavy (non-hydrogen) atoms. The maximum atomic E-state index is 13.2. The summed E-state index contributed by atoms with van der Waals surface area (Å²) in [4.78, 5) is 0. The molecule has 0 fully saturated rings. The molecule has 0 spiro atoms. The molecule has 0 radical (unpaired) electrons. The number of methoxy groups -OCH3 is 1. The van der Waals surface area contributed by atoms with Crippen molar-refractivity contribution in [1.29, 1.82) is 0 Å². The van der Waals surface area contributed by atoms with Gasteiger partial charge in [-0.1, -0.05) is 11.6 Å². The van der Waals surface area contributed by atoms with Crippen molar-refractivity contribution in [3.63, 3.8) is 0 Å². The SMILES string of the molecule is COCC(CN)Oc1cc(F)c(Cl)cc1Br. The fourth-order valence-corrected chi connectivity index (χ4v) is 1.84. The third-order valence-electron chi connectivity index (χ3n) is 1.88. The molecular formula is C10H12BrClFNO2. The highest BCUT2D eigenvalue weighted by atomic mass is 79.9. The summed E-state index contributed by atoms with van der Waals surface area (Å²) in [5, 5.41) is 0.0373. The first-order chi connectivity index (χ1) is 7.58. The van der Waals surface area contributed by atoms with Crippen LogP contribution in [0.25, 0.3) is 0 Å². The van der Waals surface area contributed by atoms with Crippen molar-refractivity contribution in [2.75, 3.05) is 20.3 Å². The molecule has 2 N–H and O–H groups in total. The minimum Gasteiger partial charge on any atom is -0.485 e. The van der Waals surface area contributed by atoms with Crippen LogP contribution >= 0.6 is 27.5 Å². The van der Waals surface area contributed by atoms with E-state index < -0.39 is 5.82 Å². The molecule has 0 heterocycles. The minimum absolute atomic E-state index is 0.0373. The Hall–Kier alpha value is -0.360. The number of rotatable bonds is 5. The van der Waals surface area contributed by atoms with Gasteiger partial charge in [0.2, 0.25) is 0 Å². The van der Waals surface area contributed by atoms with Gasteiger partial charge in [0, 0.05) is 19.7 Å². The molecular weight excluding hydrogens is 300 g/mol. The zero-order chi connectivity index (χ0) is 12.1. The first kappa shape index (κ1) is 13.7. The van der Waals surface area contributed by atoms with Crippen LogP contribution in [0.1, 0.15) is 0 Å². The predicted molar refractivity (Wildman–Crippen MR) is 64.5 cm³/mol. The average Bonchev–Trinajstić information content (AvgIpc) is 2.25. The summed E-state index contributed by atoms with van der Waals surface area (Å²) in [5.41, 5.74) is 5.48. The van der Waals surface area contributed by atoms with Crippen molar-refractivity contribution >= 4 is 27.5 Å². The van der Waals surface area contributed by atoms with Gasteiger partial charge in [0.25, 0.3) is 0 Å². The van der Waals surface area contributed by atoms with E-state index in [0.29, 0.717) is 16.8 Å². The summed E-state index contributed by atoms with van der Waals surface area (Å²) in [5.74, 6) is -0.178. The highest BCUT2D eigenvalue weighted by Crippen LogP contribution is 2.31. The Labute approximate surface area is 107 Å². The molecule has 1 unspecified atom stereocenters. The molecule has 6 heteroatoms. The Morgan fingerprint density at radius 3 is 2.81 bits per heavy atom.